The Morgan fingerprint density at radius 1 is 1.06 bits per heavy atom. The summed E-state index contributed by atoms with van der Waals surface area (Å²) in [5.41, 5.74) is 1.30. The number of morpholine rings is 1. The molecule has 0 unspecified atom stereocenters. The van der Waals surface area contributed by atoms with Crippen molar-refractivity contribution in [1.82, 2.24) is 9.62 Å². The summed E-state index contributed by atoms with van der Waals surface area (Å²) in [5.74, 6) is -0.168. The van der Waals surface area contributed by atoms with Gasteiger partial charge in [0.25, 0.3) is 5.91 Å². The SMILES string of the molecule is CSc1ccc(S(=O)(=O)NCc2cccc3ccccc23)cc1C(=O)N1CCOCC1. The second-order valence-corrected chi connectivity index (χ2v) is 9.84. The highest BCUT2D eigenvalue weighted by Crippen LogP contribution is 2.26. The van der Waals surface area contributed by atoms with Gasteiger partial charge in [0.2, 0.25) is 10.0 Å². The van der Waals surface area contributed by atoms with Crippen LogP contribution in [0.4, 0.5) is 0 Å². The van der Waals surface area contributed by atoms with Gasteiger partial charge in [0, 0.05) is 24.5 Å². The number of nitrogens with one attached hydrogen (secondary N) is 1. The number of hydrogen-bond donors (Lipinski definition) is 1. The molecule has 0 aliphatic carbocycles. The maximum Gasteiger partial charge on any atom is 0.255 e. The Morgan fingerprint density at radius 2 is 1.81 bits per heavy atom. The van der Waals surface area contributed by atoms with Crippen LogP contribution in [0.25, 0.3) is 10.8 Å². The fraction of sp³-hybridized carbons (Fsp3) is 0.261. The molecule has 0 atom stereocenters. The molecule has 1 fully saturated rings. The minimum absolute atomic E-state index is 0.0853. The van der Waals surface area contributed by atoms with Crippen molar-refractivity contribution in [3.63, 3.8) is 0 Å². The molecule has 1 aliphatic rings. The molecule has 0 radical (unpaired) electrons. The predicted molar refractivity (Wildman–Crippen MR) is 123 cm³/mol. The molecule has 6 nitrogen and oxygen atoms in total. The summed E-state index contributed by atoms with van der Waals surface area (Å²) in [5, 5.41) is 2.07. The molecule has 3 aromatic rings. The summed E-state index contributed by atoms with van der Waals surface area (Å²) >= 11 is 1.42. The van der Waals surface area contributed by atoms with Gasteiger partial charge in [-0.3, -0.25) is 4.79 Å². The van der Waals surface area contributed by atoms with Crippen molar-refractivity contribution in [2.75, 3.05) is 32.6 Å². The zero-order chi connectivity index (χ0) is 21.8. The summed E-state index contributed by atoms with van der Waals surface area (Å²) in [7, 11) is -3.79. The smallest absolute Gasteiger partial charge is 0.255 e. The molecule has 3 aromatic carbocycles. The van der Waals surface area contributed by atoms with Gasteiger partial charge < -0.3 is 9.64 Å². The van der Waals surface area contributed by atoms with E-state index >= 15 is 0 Å². The molecule has 1 N–H and O–H groups in total. The molecular weight excluding hydrogens is 432 g/mol. The molecule has 4 rings (SSSR count). The topological polar surface area (TPSA) is 75.7 Å². The molecule has 1 saturated heterocycles. The first-order valence-corrected chi connectivity index (χ1v) is 12.7. The molecule has 0 aromatic heterocycles. The Hall–Kier alpha value is -2.39. The van der Waals surface area contributed by atoms with E-state index in [0.717, 1.165) is 21.2 Å². The lowest BCUT2D eigenvalue weighted by Gasteiger charge is -2.27. The van der Waals surface area contributed by atoms with Crippen LogP contribution in [0.1, 0.15) is 15.9 Å². The van der Waals surface area contributed by atoms with Crippen molar-refractivity contribution in [2.24, 2.45) is 0 Å². The van der Waals surface area contributed by atoms with Crippen LogP contribution >= 0.6 is 11.8 Å². The number of benzene rings is 3. The predicted octanol–water partition coefficient (Wildman–Crippen LogP) is 3.51. The first-order valence-electron chi connectivity index (χ1n) is 10.0. The van der Waals surface area contributed by atoms with Gasteiger partial charge in [0.1, 0.15) is 0 Å². The van der Waals surface area contributed by atoms with Crippen LogP contribution in [-0.2, 0) is 21.3 Å². The summed E-state index contributed by atoms with van der Waals surface area (Å²) in [6, 6.07) is 18.4. The van der Waals surface area contributed by atoms with E-state index in [1.54, 1.807) is 17.0 Å². The third kappa shape index (κ3) is 4.77. The maximum atomic E-state index is 13.0. The molecule has 31 heavy (non-hydrogen) atoms. The minimum Gasteiger partial charge on any atom is -0.378 e. The summed E-state index contributed by atoms with van der Waals surface area (Å²) < 4.78 is 34.1. The number of carbonyl (C=O) groups excluding carboxylic acids is 1. The number of carbonyl (C=O) groups is 1. The zero-order valence-electron chi connectivity index (χ0n) is 17.2. The van der Waals surface area contributed by atoms with Crippen molar-refractivity contribution in [3.8, 4) is 0 Å². The summed E-state index contributed by atoms with van der Waals surface area (Å²) in [6.45, 7) is 2.16. The highest BCUT2D eigenvalue weighted by molar-refractivity contribution is 7.98. The number of ether oxygens (including phenoxy) is 1. The van der Waals surface area contributed by atoms with Gasteiger partial charge in [0.05, 0.1) is 23.7 Å². The zero-order valence-corrected chi connectivity index (χ0v) is 18.8. The molecule has 0 spiro atoms. The normalized spacial score (nSPS) is 14.7. The molecule has 0 bridgehead atoms. The van der Waals surface area contributed by atoms with Crippen LogP contribution in [0.5, 0.6) is 0 Å². The van der Waals surface area contributed by atoms with E-state index in [-0.39, 0.29) is 17.3 Å². The number of rotatable bonds is 6. The van der Waals surface area contributed by atoms with Crippen LogP contribution in [0.2, 0.25) is 0 Å². The van der Waals surface area contributed by atoms with Crippen molar-refractivity contribution in [3.05, 3.63) is 71.8 Å². The van der Waals surface area contributed by atoms with Crippen LogP contribution in [0.3, 0.4) is 0 Å². The lowest BCUT2D eigenvalue weighted by atomic mass is 10.1. The highest BCUT2D eigenvalue weighted by Gasteiger charge is 2.24. The van der Waals surface area contributed by atoms with E-state index in [1.165, 1.54) is 17.8 Å². The first kappa shape index (κ1) is 21.8. The number of amides is 1. The van der Waals surface area contributed by atoms with Gasteiger partial charge in [-0.2, -0.15) is 0 Å². The van der Waals surface area contributed by atoms with Gasteiger partial charge in [-0.05, 0) is 40.8 Å². The number of thioether (sulfide) groups is 1. The van der Waals surface area contributed by atoms with E-state index < -0.39 is 10.0 Å². The van der Waals surface area contributed by atoms with Crippen molar-refractivity contribution < 1.29 is 17.9 Å². The maximum absolute atomic E-state index is 13.0. The molecule has 8 heteroatoms. The highest BCUT2D eigenvalue weighted by atomic mass is 32.2. The van der Waals surface area contributed by atoms with Crippen molar-refractivity contribution in [2.45, 2.75) is 16.3 Å². The van der Waals surface area contributed by atoms with E-state index in [1.807, 2.05) is 48.7 Å². The van der Waals surface area contributed by atoms with Gasteiger partial charge in [-0.1, -0.05) is 42.5 Å². The Labute approximate surface area is 186 Å². The molecule has 1 amide bonds. The van der Waals surface area contributed by atoms with Crippen LogP contribution in [-0.4, -0.2) is 51.8 Å². The fourth-order valence-electron chi connectivity index (χ4n) is 3.66. The first-order chi connectivity index (χ1) is 15.0. The Kier molecular flexibility index (Phi) is 6.62. The third-order valence-corrected chi connectivity index (χ3v) is 7.54. The summed E-state index contributed by atoms with van der Waals surface area (Å²) in [6.07, 6.45) is 1.87. The van der Waals surface area contributed by atoms with Gasteiger partial charge in [-0.15, -0.1) is 11.8 Å². The summed E-state index contributed by atoms with van der Waals surface area (Å²) in [4.78, 5) is 15.6. The molecular formula is C23H24N2O4S2. The van der Waals surface area contributed by atoms with E-state index in [4.69, 9.17) is 4.74 Å². The van der Waals surface area contributed by atoms with Crippen molar-refractivity contribution in [1.29, 1.82) is 0 Å². The Morgan fingerprint density at radius 3 is 2.58 bits per heavy atom. The van der Waals surface area contributed by atoms with Gasteiger partial charge in [-0.25, -0.2) is 13.1 Å². The van der Waals surface area contributed by atoms with Crippen LogP contribution < -0.4 is 4.72 Å². The second-order valence-electron chi connectivity index (χ2n) is 7.23. The molecule has 162 valence electrons. The molecule has 1 aliphatic heterocycles. The van der Waals surface area contributed by atoms with Crippen molar-refractivity contribution >= 4 is 38.5 Å². The quantitative estimate of drug-likeness (QED) is 0.575. The molecule has 1 heterocycles. The Bertz CT molecular complexity index is 1200. The number of hydrogen-bond acceptors (Lipinski definition) is 5. The van der Waals surface area contributed by atoms with E-state index in [2.05, 4.69) is 4.72 Å². The second kappa shape index (κ2) is 9.40. The average Bonchev–Trinajstić information content (AvgIpc) is 2.82. The number of nitrogens with zero attached hydrogens (tertiary/aromatic N) is 1. The third-order valence-electron chi connectivity index (χ3n) is 5.34. The van der Waals surface area contributed by atoms with E-state index in [0.29, 0.717) is 31.9 Å². The minimum atomic E-state index is -3.79. The van der Waals surface area contributed by atoms with E-state index in [9.17, 15) is 13.2 Å². The number of fused-ring (bicyclic) bond motifs is 1. The standard InChI is InChI=1S/C23H24N2O4S2/c1-30-22-10-9-19(15-21(22)23(26)25-11-13-29-14-12-25)31(27,28)24-16-18-7-4-6-17-5-2-3-8-20(17)18/h2-10,15,24H,11-14,16H2,1H3. The lowest BCUT2D eigenvalue weighted by molar-refractivity contribution is 0.0300. The lowest BCUT2D eigenvalue weighted by Crippen LogP contribution is -2.41. The van der Waals surface area contributed by atoms with Gasteiger partial charge >= 0.3 is 0 Å². The largest absolute Gasteiger partial charge is 0.378 e. The Balaban J connectivity index is 1.59. The monoisotopic (exact) mass is 456 g/mol. The molecule has 0 saturated carbocycles. The fourth-order valence-corrected chi connectivity index (χ4v) is 5.26. The van der Waals surface area contributed by atoms with Crippen LogP contribution in [0, 0.1) is 0 Å². The average molecular weight is 457 g/mol. The number of sulfonamides is 1. The van der Waals surface area contributed by atoms with Crippen LogP contribution in [0.15, 0.2) is 70.5 Å². The van der Waals surface area contributed by atoms with Gasteiger partial charge in [0.15, 0.2) is 0 Å².